The summed E-state index contributed by atoms with van der Waals surface area (Å²) in [5, 5.41) is 11.6. The number of pyridine rings is 1. The molecule has 194 valence electrons. The Morgan fingerprint density at radius 3 is 2.47 bits per heavy atom. The van der Waals surface area contributed by atoms with Crippen molar-refractivity contribution in [2.75, 3.05) is 17.1 Å². The molecular formula is C24H16F3N5O5S. The van der Waals surface area contributed by atoms with Crippen molar-refractivity contribution in [1.82, 2.24) is 9.97 Å². The summed E-state index contributed by atoms with van der Waals surface area (Å²) in [5.41, 5.74) is -2.37. The zero-order valence-corrected chi connectivity index (χ0v) is 20.1. The highest BCUT2D eigenvalue weighted by Gasteiger charge is 2.36. The summed E-state index contributed by atoms with van der Waals surface area (Å²) in [6, 6.07) is 13.9. The predicted molar refractivity (Wildman–Crippen MR) is 128 cm³/mol. The zero-order valence-electron chi connectivity index (χ0n) is 19.3. The number of benzene rings is 2. The Kier molecular flexibility index (Phi) is 7.04. The number of nitrogens with zero attached hydrogens (tertiary/aromatic N) is 3. The Bertz CT molecular complexity index is 1650. The van der Waals surface area contributed by atoms with Crippen LogP contribution in [0.5, 0.6) is 5.88 Å². The van der Waals surface area contributed by atoms with Gasteiger partial charge in [-0.15, -0.1) is 0 Å². The van der Waals surface area contributed by atoms with Gasteiger partial charge in [0, 0.05) is 5.56 Å². The number of methoxy groups -OCH3 is 1. The number of rotatable bonds is 7. The van der Waals surface area contributed by atoms with Crippen LogP contribution in [0.15, 0.2) is 76.3 Å². The van der Waals surface area contributed by atoms with Crippen molar-refractivity contribution < 1.29 is 35.5 Å². The maximum Gasteiger partial charge on any atom is 0.418 e. The number of oxazole rings is 1. The van der Waals surface area contributed by atoms with E-state index in [1.165, 1.54) is 12.3 Å². The van der Waals surface area contributed by atoms with Gasteiger partial charge in [0.2, 0.25) is 5.88 Å². The fraction of sp³-hybridized carbons (Fsp3) is 0.0833. The van der Waals surface area contributed by atoms with Gasteiger partial charge in [-0.3, -0.25) is 9.52 Å². The average molecular weight is 543 g/mol. The number of nitrogens with one attached hydrogen (secondary N) is 2. The van der Waals surface area contributed by atoms with Crippen molar-refractivity contribution in [1.29, 1.82) is 5.26 Å². The molecule has 0 radical (unpaired) electrons. The van der Waals surface area contributed by atoms with Crippen LogP contribution in [-0.4, -0.2) is 31.4 Å². The van der Waals surface area contributed by atoms with Gasteiger partial charge in [0.1, 0.15) is 6.07 Å². The highest BCUT2D eigenvalue weighted by molar-refractivity contribution is 7.92. The third-order valence-corrected chi connectivity index (χ3v) is 6.39. The molecule has 2 aromatic carbocycles. The molecule has 0 aliphatic carbocycles. The molecule has 0 saturated carbocycles. The summed E-state index contributed by atoms with van der Waals surface area (Å²) >= 11 is 0. The molecule has 0 bridgehead atoms. The smallest absolute Gasteiger partial charge is 0.418 e. The maximum absolute atomic E-state index is 13.5. The Morgan fingerprint density at radius 1 is 1.08 bits per heavy atom. The fourth-order valence-electron chi connectivity index (χ4n) is 3.33. The van der Waals surface area contributed by atoms with Crippen LogP contribution in [0.4, 0.5) is 24.5 Å². The normalized spacial score (nSPS) is 11.4. The number of carbonyl (C=O) groups is 1. The molecule has 2 heterocycles. The van der Waals surface area contributed by atoms with E-state index in [4.69, 9.17) is 9.15 Å². The molecule has 2 aromatic heterocycles. The first-order chi connectivity index (χ1) is 18.0. The number of carbonyl (C=O) groups excluding carboxylic acids is 1. The second kappa shape index (κ2) is 10.2. The van der Waals surface area contributed by atoms with Gasteiger partial charge in [-0.2, -0.15) is 18.4 Å². The standard InChI is InChI=1S/C24H16F3N5O5S/c1-36-22-19(38(34,35)32-20-15(11-28)8-5-9-17(20)24(25,26)27)10-16(12-29-22)31-21(33)23-30-13-18(37-23)14-6-3-2-4-7-14/h2-10,12-13,32H,1H3,(H,31,33). The molecule has 4 rings (SSSR count). The molecule has 0 saturated heterocycles. The van der Waals surface area contributed by atoms with Crippen molar-refractivity contribution in [3.8, 4) is 23.3 Å². The summed E-state index contributed by atoms with van der Waals surface area (Å²) in [6.45, 7) is 0. The van der Waals surface area contributed by atoms with Crippen molar-refractivity contribution in [2.24, 2.45) is 0 Å². The number of halogens is 3. The van der Waals surface area contributed by atoms with E-state index >= 15 is 0 Å². The highest BCUT2D eigenvalue weighted by Crippen LogP contribution is 2.38. The molecule has 1 amide bonds. The summed E-state index contributed by atoms with van der Waals surface area (Å²) in [4.78, 5) is 19.7. The quantitative estimate of drug-likeness (QED) is 0.341. The molecular weight excluding hydrogens is 527 g/mol. The number of hydrogen-bond donors (Lipinski definition) is 2. The van der Waals surface area contributed by atoms with E-state index in [-0.39, 0.29) is 11.6 Å². The summed E-state index contributed by atoms with van der Waals surface area (Å²) < 4.78 is 79.1. The molecule has 0 atom stereocenters. The molecule has 0 spiro atoms. The molecule has 0 aliphatic rings. The molecule has 4 aromatic rings. The second-order valence-corrected chi connectivity index (χ2v) is 9.18. The van der Waals surface area contributed by atoms with E-state index in [1.807, 2.05) is 0 Å². The van der Waals surface area contributed by atoms with Crippen LogP contribution in [0.3, 0.4) is 0 Å². The Labute approximate surface area is 213 Å². The van der Waals surface area contributed by atoms with Crippen LogP contribution < -0.4 is 14.8 Å². The van der Waals surface area contributed by atoms with Crippen LogP contribution in [0.2, 0.25) is 0 Å². The van der Waals surface area contributed by atoms with Crippen LogP contribution >= 0.6 is 0 Å². The molecule has 0 aliphatic heterocycles. The van der Waals surface area contributed by atoms with Gasteiger partial charge >= 0.3 is 12.1 Å². The number of sulfonamides is 1. The summed E-state index contributed by atoms with van der Waals surface area (Å²) in [6.07, 6.45) is -2.56. The third-order valence-electron chi connectivity index (χ3n) is 5.04. The van der Waals surface area contributed by atoms with Crippen molar-refractivity contribution in [3.05, 3.63) is 84.0 Å². The first-order valence-electron chi connectivity index (χ1n) is 10.5. The summed E-state index contributed by atoms with van der Waals surface area (Å²) in [7, 11) is -3.71. The minimum Gasteiger partial charge on any atom is -0.480 e. The maximum atomic E-state index is 13.5. The number of ether oxygens (including phenoxy) is 1. The predicted octanol–water partition coefficient (Wildman–Crippen LogP) is 4.69. The lowest BCUT2D eigenvalue weighted by molar-refractivity contribution is -0.136. The average Bonchev–Trinajstić information content (AvgIpc) is 3.39. The Morgan fingerprint density at radius 2 is 1.82 bits per heavy atom. The van der Waals surface area contributed by atoms with Crippen LogP contribution in [-0.2, 0) is 16.2 Å². The fourth-order valence-corrected chi connectivity index (χ4v) is 4.57. The number of hydrogen-bond acceptors (Lipinski definition) is 8. The van der Waals surface area contributed by atoms with E-state index in [9.17, 15) is 31.6 Å². The van der Waals surface area contributed by atoms with Crippen LogP contribution in [0, 0.1) is 11.3 Å². The van der Waals surface area contributed by atoms with Gasteiger partial charge < -0.3 is 14.5 Å². The Hall–Kier alpha value is -4.90. The molecule has 2 N–H and O–H groups in total. The minimum absolute atomic E-state index is 0.153. The molecule has 10 nitrogen and oxygen atoms in total. The van der Waals surface area contributed by atoms with Gasteiger partial charge in [-0.1, -0.05) is 36.4 Å². The number of aromatic nitrogens is 2. The van der Waals surface area contributed by atoms with E-state index in [0.717, 1.165) is 31.5 Å². The van der Waals surface area contributed by atoms with E-state index in [1.54, 1.807) is 35.1 Å². The number of amides is 1. The number of alkyl halides is 3. The molecule has 0 unspecified atom stereocenters. The van der Waals surface area contributed by atoms with Crippen molar-refractivity contribution in [3.63, 3.8) is 0 Å². The first-order valence-corrected chi connectivity index (χ1v) is 12.0. The molecule has 14 heteroatoms. The molecule has 38 heavy (non-hydrogen) atoms. The lowest BCUT2D eigenvalue weighted by atomic mass is 10.1. The lowest BCUT2D eigenvalue weighted by Crippen LogP contribution is -2.20. The van der Waals surface area contributed by atoms with Crippen molar-refractivity contribution in [2.45, 2.75) is 11.1 Å². The van der Waals surface area contributed by atoms with Gasteiger partial charge in [-0.05, 0) is 18.2 Å². The van der Waals surface area contributed by atoms with Crippen molar-refractivity contribution >= 4 is 27.3 Å². The van der Waals surface area contributed by atoms with E-state index in [2.05, 4.69) is 15.3 Å². The minimum atomic E-state index is -4.96. The van der Waals surface area contributed by atoms with Gasteiger partial charge in [0.25, 0.3) is 15.9 Å². The zero-order chi connectivity index (χ0) is 27.5. The van der Waals surface area contributed by atoms with Gasteiger partial charge in [-0.25, -0.2) is 18.4 Å². The van der Waals surface area contributed by atoms with Gasteiger partial charge in [0.15, 0.2) is 10.7 Å². The largest absolute Gasteiger partial charge is 0.480 e. The van der Waals surface area contributed by atoms with E-state index in [0.29, 0.717) is 17.4 Å². The highest BCUT2D eigenvalue weighted by atomic mass is 32.2. The van der Waals surface area contributed by atoms with Crippen LogP contribution in [0.25, 0.3) is 11.3 Å². The number of nitriles is 1. The SMILES string of the molecule is COc1ncc(NC(=O)c2ncc(-c3ccccc3)o2)cc1S(=O)(=O)Nc1c(C#N)cccc1C(F)(F)F. The van der Waals surface area contributed by atoms with E-state index < -0.39 is 49.7 Å². The second-order valence-electron chi connectivity index (χ2n) is 7.52. The third kappa shape index (κ3) is 5.42. The summed E-state index contributed by atoms with van der Waals surface area (Å²) in [5.74, 6) is -1.33. The van der Waals surface area contributed by atoms with Crippen LogP contribution in [0.1, 0.15) is 21.8 Å². The lowest BCUT2D eigenvalue weighted by Gasteiger charge is -2.17. The number of para-hydroxylation sites is 1. The topological polar surface area (TPSA) is 147 Å². The first kappa shape index (κ1) is 26.2. The van der Waals surface area contributed by atoms with Gasteiger partial charge in [0.05, 0.1) is 42.0 Å². The number of anilines is 2. The Balaban J connectivity index is 1.65. The molecule has 0 fully saturated rings. The monoisotopic (exact) mass is 543 g/mol.